The molecule has 9 heteroatoms. The average molecular weight is 467 g/mol. The summed E-state index contributed by atoms with van der Waals surface area (Å²) in [6, 6.07) is 10.7. The Kier molecular flexibility index (Phi) is 5.19. The number of halogens is 1. The molecule has 2 N–H and O–H groups in total. The second-order valence-electron chi connectivity index (χ2n) is 7.90. The van der Waals surface area contributed by atoms with E-state index in [4.69, 9.17) is 11.6 Å². The molecule has 2 aliphatic rings. The van der Waals surface area contributed by atoms with Crippen molar-refractivity contribution in [3.05, 3.63) is 63.5 Å². The van der Waals surface area contributed by atoms with Crippen LogP contribution >= 0.6 is 22.9 Å². The van der Waals surface area contributed by atoms with E-state index in [0.29, 0.717) is 23.6 Å². The minimum atomic E-state index is -0.618. The molecule has 162 valence electrons. The fourth-order valence-corrected chi connectivity index (χ4v) is 4.91. The largest absolute Gasteiger partial charge is 0.331 e. The molecule has 3 aromatic rings. The molecule has 1 fully saturated rings. The van der Waals surface area contributed by atoms with E-state index in [1.54, 1.807) is 11.0 Å². The number of carbonyl (C=O) groups is 3. The number of imide groups is 1. The number of carbonyl (C=O) groups excluding carboxylic acids is 3. The minimum Gasteiger partial charge on any atom is -0.331 e. The Morgan fingerprint density at radius 3 is 2.81 bits per heavy atom. The van der Waals surface area contributed by atoms with Crippen LogP contribution in [0.4, 0.5) is 10.8 Å². The van der Waals surface area contributed by atoms with Gasteiger partial charge in [0.15, 0.2) is 5.13 Å². The third-order valence-electron chi connectivity index (χ3n) is 5.75. The number of fused-ring (bicyclic) bond motifs is 1. The van der Waals surface area contributed by atoms with Crippen LogP contribution in [0.25, 0.3) is 11.3 Å². The van der Waals surface area contributed by atoms with Crippen LogP contribution < -0.4 is 10.6 Å². The molecule has 32 heavy (non-hydrogen) atoms. The summed E-state index contributed by atoms with van der Waals surface area (Å²) in [4.78, 5) is 42.7. The smallest absolute Gasteiger partial charge is 0.255 e. The van der Waals surface area contributed by atoms with E-state index >= 15 is 0 Å². The number of hydrogen-bond donors (Lipinski definition) is 2. The maximum Gasteiger partial charge on any atom is 0.255 e. The standard InChI is InChI=1S/C23H19ClN4O3S/c1-12-2-4-15(9-17(12)24)25-23-26-18(11-32-23)13-3-5-16-14(8-13)10-28(22(16)31)19-6-7-20(29)27-21(19)30/h2-5,8-9,11,19H,6-7,10H2,1H3,(H,25,26)(H,27,29,30). The Morgan fingerprint density at radius 2 is 2.03 bits per heavy atom. The summed E-state index contributed by atoms with van der Waals surface area (Å²) in [5.74, 6) is -0.884. The van der Waals surface area contributed by atoms with Crippen molar-refractivity contribution in [2.45, 2.75) is 32.4 Å². The fourth-order valence-electron chi connectivity index (χ4n) is 3.99. The lowest BCUT2D eigenvalue weighted by Gasteiger charge is -2.29. The molecule has 3 amide bonds. The highest BCUT2D eigenvalue weighted by molar-refractivity contribution is 7.14. The number of aromatic nitrogens is 1. The van der Waals surface area contributed by atoms with Crippen LogP contribution in [0.5, 0.6) is 0 Å². The van der Waals surface area contributed by atoms with Crippen LogP contribution in [0.2, 0.25) is 5.02 Å². The molecule has 0 bridgehead atoms. The predicted octanol–water partition coefficient (Wildman–Crippen LogP) is 4.28. The highest BCUT2D eigenvalue weighted by atomic mass is 35.5. The molecule has 7 nitrogen and oxygen atoms in total. The Labute approximate surface area is 193 Å². The summed E-state index contributed by atoms with van der Waals surface area (Å²) in [7, 11) is 0. The van der Waals surface area contributed by atoms with E-state index in [1.165, 1.54) is 11.3 Å². The van der Waals surface area contributed by atoms with Gasteiger partial charge in [0, 0.05) is 40.2 Å². The number of piperidine rings is 1. The van der Waals surface area contributed by atoms with E-state index in [1.807, 2.05) is 42.6 Å². The van der Waals surface area contributed by atoms with Gasteiger partial charge in [-0.05, 0) is 48.7 Å². The molecule has 3 heterocycles. The molecular weight excluding hydrogens is 448 g/mol. The Balaban J connectivity index is 1.35. The normalized spacial score (nSPS) is 18.0. The Bertz CT molecular complexity index is 1270. The summed E-state index contributed by atoms with van der Waals surface area (Å²) in [6.07, 6.45) is 0.587. The van der Waals surface area contributed by atoms with Crippen molar-refractivity contribution in [1.82, 2.24) is 15.2 Å². The van der Waals surface area contributed by atoms with Gasteiger partial charge in [0.25, 0.3) is 5.91 Å². The van der Waals surface area contributed by atoms with Crippen molar-refractivity contribution in [3.63, 3.8) is 0 Å². The number of hydrogen-bond acceptors (Lipinski definition) is 6. The van der Waals surface area contributed by atoms with E-state index in [-0.39, 0.29) is 18.2 Å². The van der Waals surface area contributed by atoms with Gasteiger partial charge in [0.1, 0.15) is 6.04 Å². The number of amides is 3. The van der Waals surface area contributed by atoms with Crippen molar-refractivity contribution >= 4 is 51.5 Å². The van der Waals surface area contributed by atoms with Gasteiger partial charge in [0.2, 0.25) is 11.8 Å². The minimum absolute atomic E-state index is 0.182. The molecule has 0 saturated carbocycles. The number of anilines is 2. The summed E-state index contributed by atoms with van der Waals surface area (Å²) in [5, 5.41) is 8.97. The molecule has 0 aliphatic carbocycles. The van der Waals surface area contributed by atoms with Gasteiger partial charge >= 0.3 is 0 Å². The van der Waals surface area contributed by atoms with Gasteiger partial charge in [-0.1, -0.05) is 23.7 Å². The summed E-state index contributed by atoms with van der Waals surface area (Å²) >= 11 is 7.68. The SMILES string of the molecule is Cc1ccc(Nc2nc(-c3ccc4c(c3)CN(C3CCC(=O)NC3=O)C4=O)cs2)cc1Cl. The van der Waals surface area contributed by atoms with Crippen molar-refractivity contribution < 1.29 is 14.4 Å². The molecule has 2 aromatic carbocycles. The average Bonchev–Trinajstić information content (AvgIpc) is 3.35. The second-order valence-corrected chi connectivity index (χ2v) is 9.16. The third-order valence-corrected chi connectivity index (χ3v) is 6.91. The van der Waals surface area contributed by atoms with Gasteiger partial charge in [-0.2, -0.15) is 0 Å². The molecule has 1 saturated heterocycles. The van der Waals surface area contributed by atoms with Crippen LogP contribution in [-0.2, 0) is 16.1 Å². The van der Waals surface area contributed by atoms with Crippen molar-refractivity contribution in [2.75, 3.05) is 5.32 Å². The molecule has 1 atom stereocenters. The zero-order chi connectivity index (χ0) is 22.4. The number of thiazole rings is 1. The zero-order valence-electron chi connectivity index (χ0n) is 17.1. The second kappa shape index (κ2) is 8.03. The first-order valence-electron chi connectivity index (χ1n) is 10.2. The summed E-state index contributed by atoms with van der Waals surface area (Å²) in [5.41, 5.74) is 5.00. The molecule has 0 spiro atoms. The lowest BCUT2D eigenvalue weighted by molar-refractivity contribution is -0.136. The number of rotatable bonds is 4. The van der Waals surface area contributed by atoms with Gasteiger partial charge < -0.3 is 10.2 Å². The maximum absolute atomic E-state index is 12.9. The molecular formula is C23H19ClN4O3S. The molecule has 1 aromatic heterocycles. The topological polar surface area (TPSA) is 91.4 Å². The monoisotopic (exact) mass is 466 g/mol. The van der Waals surface area contributed by atoms with Crippen molar-refractivity contribution in [2.24, 2.45) is 0 Å². The van der Waals surface area contributed by atoms with Gasteiger partial charge in [-0.15, -0.1) is 11.3 Å². The highest BCUT2D eigenvalue weighted by Crippen LogP contribution is 2.33. The molecule has 5 rings (SSSR count). The van der Waals surface area contributed by atoms with Crippen LogP contribution in [0.15, 0.2) is 41.8 Å². The zero-order valence-corrected chi connectivity index (χ0v) is 18.7. The van der Waals surface area contributed by atoms with Gasteiger partial charge in [-0.3, -0.25) is 19.7 Å². The van der Waals surface area contributed by atoms with Crippen molar-refractivity contribution in [1.29, 1.82) is 0 Å². The number of nitrogens with zero attached hydrogens (tertiary/aromatic N) is 2. The van der Waals surface area contributed by atoms with E-state index < -0.39 is 11.9 Å². The van der Waals surface area contributed by atoms with Crippen molar-refractivity contribution in [3.8, 4) is 11.3 Å². The first-order valence-corrected chi connectivity index (χ1v) is 11.4. The molecule has 1 unspecified atom stereocenters. The summed E-state index contributed by atoms with van der Waals surface area (Å²) in [6.45, 7) is 2.29. The first kappa shape index (κ1) is 20.7. The number of nitrogens with one attached hydrogen (secondary N) is 2. The first-order chi connectivity index (χ1) is 15.4. The predicted molar refractivity (Wildman–Crippen MR) is 123 cm³/mol. The highest BCUT2D eigenvalue weighted by Gasteiger charge is 2.39. The van der Waals surface area contributed by atoms with E-state index in [2.05, 4.69) is 15.6 Å². The molecule has 2 aliphatic heterocycles. The van der Waals surface area contributed by atoms with Crippen LogP contribution in [-0.4, -0.2) is 33.6 Å². The Hall–Kier alpha value is -3.23. The number of benzene rings is 2. The third kappa shape index (κ3) is 3.76. The lowest BCUT2D eigenvalue weighted by atomic mass is 10.0. The van der Waals surface area contributed by atoms with Crippen LogP contribution in [0.3, 0.4) is 0 Å². The Morgan fingerprint density at radius 1 is 1.19 bits per heavy atom. The van der Waals surface area contributed by atoms with Gasteiger partial charge in [-0.25, -0.2) is 4.98 Å². The van der Waals surface area contributed by atoms with Crippen LogP contribution in [0.1, 0.15) is 34.3 Å². The fraction of sp³-hybridized carbons (Fsp3) is 0.217. The quantitative estimate of drug-likeness (QED) is 0.560. The van der Waals surface area contributed by atoms with Gasteiger partial charge in [0.05, 0.1) is 5.69 Å². The molecule has 0 radical (unpaired) electrons. The van der Waals surface area contributed by atoms with E-state index in [9.17, 15) is 14.4 Å². The maximum atomic E-state index is 12.9. The van der Waals surface area contributed by atoms with Crippen LogP contribution in [0, 0.1) is 6.92 Å². The summed E-state index contributed by atoms with van der Waals surface area (Å²) < 4.78 is 0. The lowest BCUT2D eigenvalue weighted by Crippen LogP contribution is -2.52. The van der Waals surface area contributed by atoms with E-state index in [0.717, 1.165) is 33.2 Å². The number of aryl methyl sites for hydroxylation is 1.